The van der Waals surface area contributed by atoms with Crippen molar-refractivity contribution in [3.63, 3.8) is 0 Å². The maximum absolute atomic E-state index is 12.1. The van der Waals surface area contributed by atoms with Crippen molar-refractivity contribution in [3.8, 4) is 5.75 Å². The van der Waals surface area contributed by atoms with Crippen LogP contribution in [0.3, 0.4) is 0 Å². The molecule has 0 saturated carbocycles. The third-order valence-corrected chi connectivity index (χ3v) is 4.15. The maximum Gasteiger partial charge on any atom is 0.343 e. The summed E-state index contributed by atoms with van der Waals surface area (Å²) in [6.07, 6.45) is 0.747. The molecule has 10 nitrogen and oxygen atoms in total. The highest BCUT2D eigenvalue weighted by Crippen LogP contribution is 2.29. The summed E-state index contributed by atoms with van der Waals surface area (Å²) in [4.78, 5) is 34.2. The second-order valence-corrected chi connectivity index (χ2v) is 5.88. The fourth-order valence-corrected chi connectivity index (χ4v) is 2.82. The van der Waals surface area contributed by atoms with E-state index in [2.05, 4.69) is 15.5 Å². The second kappa shape index (κ2) is 8.33. The van der Waals surface area contributed by atoms with Gasteiger partial charge in [0, 0.05) is 6.54 Å². The van der Waals surface area contributed by atoms with Gasteiger partial charge in [-0.2, -0.15) is 0 Å². The van der Waals surface area contributed by atoms with Crippen LogP contribution < -0.4 is 15.7 Å². The number of thioether (sulfide) groups is 1. The van der Waals surface area contributed by atoms with Crippen molar-refractivity contribution in [3.05, 3.63) is 38.8 Å². The summed E-state index contributed by atoms with van der Waals surface area (Å²) in [6, 6.07) is 4.15. The summed E-state index contributed by atoms with van der Waals surface area (Å²) < 4.78 is 6.38. The van der Waals surface area contributed by atoms with Gasteiger partial charge in [-0.25, -0.2) is 9.89 Å². The van der Waals surface area contributed by atoms with Gasteiger partial charge < -0.3 is 10.1 Å². The van der Waals surface area contributed by atoms with Crippen LogP contribution in [0.15, 0.2) is 28.2 Å². The summed E-state index contributed by atoms with van der Waals surface area (Å²) in [7, 11) is 1.40. The molecule has 1 aromatic carbocycles. The highest BCUT2D eigenvalue weighted by atomic mass is 32.2. The molecule has 0 saturated heterocycles. The number of anilines is 1. The molecule has 0 aliphatic rings. The highest BCUT2D eigenvalue weighted by molar-refractivity contribution is 7.99. The fourth-order valence-electron chi connectivity index (χ4n) is 2.05. The minimum absolute atomic E-state index is 0.0445. The molecule has 0 aliphatic heterocycles. The van der Waals surface area contributed by atoms with Crippen molar-refractivity contribution in [1.82, 2.24) is 14.8 Å². The molecule has 11 heteroatoms. The van der Waals surface area contributed by atoms with E-state index in [1.54, 1.807) is 0 Å². The lowest BCUT2D eigenvalue weighted by Crippen LogP contribution is -2.19. The minimum atomic E-state index is -0.599. The molecule has 0 spiro atoms. The number of methoxy groups -OCH3 is 1. The van der Waals surface area contributed by atoms with Crippen LogP contribution in [0.25, 0.3) is 0 Å². The standard InChI is InChI=1S/C14H17N5O5S/c1-3-6-18-13(21)16-17-14(18)25-8-12(20)15-10-5-4-9(24-2)7-11(10)19(22)23/h4-5,7H,3,6,8H2,1-2H3,(H,15,20)(H,16,21). The number of carbonyl (C=O) groups excluding carboxylic acids is 1. The van der Waals surface area contributed by atoms with Crippen LogP contribution in [0, 0.1) is 10.1 Å². The molecule has 0 bridgehead atoms. The molecule has 0 unspecified atom stereocenters. The first-order valence-corrected chi connectivity index (χ1v) is 8.35. The minimum Gasteiger partial charge on any atom is -0.496 e. The molecule has 0 fully saturated rings. The second-order valence-electron chi connectivity index (χ2n) is 4.94. The number of aromatic amines is 1. The first kappa shape index (κ1) is 18.5. The normalized spacial score (nSPS) is 10.5. The molecular formula is C14H17N5O5S. The van der Waals surface area contributed by atoms with E-state index >= 15 is 0 Å². The number of nitrogens with zero attached hydrogens (tertiary/aromatic N) is 3. The predicted octanol–water partition coefficient (Wildman–Crippen LogP) is 1.63. The quantitative estimate of drug-likeness (QED) is 0.411. The number of amides is 1. The predicted molar refractivity (Wildman–Crippen MR) is 92.1 cm³/mol. The largest absolute Gasteiger partial charge is 0.496 e. The molecule has 2 aromatic rings. The Morgan fingerprint density at radius 1 is 1.52 bits per heavy atom. The van der Waals surface area contributed by atoms with E-state index in [0.29, 0.717) is 17.5 Å². The summed E-state index contributed by atoms with van der Waals surface area (Å²) in [6.45, 7) is 2.41. The Morgan fingerprint density at radius 3 is 2.92 bits per heavy atom. The van der Waals surface area contributed by atoms with Gasteiger partial charge in [-0.15, -0.1) is 5.10 Å². The van der Waals surface area contributed by atoms with Gasteiger partial charge in [-0.05, 0) is 18.6 Å². The van der Waals surface area contributed by atoms with Crippen LogP contribution in [0.2, 0.25) is 0 Å². The van der Waals surface area contributed by atoms with Crippen LogP contribution in [0.1, 0.15) is 13.3 Å². The van der Waals surface area contributed by atoms with Crippen molar-refractivity contribution in [2.45, 2.75) is 25.0 Å². The van der Waals surface area contributed by atoms with E-state index < -0.39 is 10.8 Å². The topological polar surface area (TPSA) is 132 Å². The van der Waals surface area contributed by atoms with Crippen LogP contribution >= 0.6 is 11.8 Å². The van der Waals surface area contributed by atoms with Gasteiger partial charge in [0.05, 0.1) is 23.9 Å². The van der Waals surface area contributed by atoms with Crippen molar-refractivity contribution in [1.29, 1.82) is 0 Å². The number of aromatic nitrogens is 3. The summed E-state index contributed by atoms with van der Waals surface area (Å²) in [5, 5.41) is 20.2. The molecule has 1 amide bonds. The molecule has 0 aliphatic carbocycles. The Morgan fingerprint density at radius 2 is 2.28 bits per heavy atom. The monoisotopic (exact) mass is 367 g/mol. The number of nitro benzene ring substituents is 1. The Kier molecular flexibility index (Phi) is 6.17. The number of H-pyrrole nitrogens is 1. The lowest BCUT2D eigenvalue weighted by atomic mass is 10.2. The third kappa shape index (κ3) is 4.59. The Labute approximate surface area is 146 Å². The number of hydrogen-bond acceptors (Lipinski definition) is 7. The molecule has 0 radical (unpaired) electrons. The van der Waals surface area contributed by atoms with Gasteiger partial charge in [-0.3, -0.25) is 19.5 Å². The first-order valence-electron chi connectivity index (χ1n) is 7.36. The van der Waals surface area contributed by atoms with Gasteiger partial charge in [0.25, 0.3) is 5.69 Å². The average molecular weight is 367 g/mol. The molecule has 2 N–H and O–H groups in total. The van der Waals surface area contributed by atoms with E-state index in [4.69, 9.17) is 4.74 Å². The molecular weight excluding hydrogens is 350 g/mol. The lowest BCUT2D eigenvalue weighted by Gasteiger charge is -2.07. The number of nitro groups is 1. The maximum atomic E-state index is 12.1. The van der Waals surface area contributed by atoms with Crippen LogP contribution in [0.4, 0.5) is 11.4 Å². The Hall–Kier alpha value is -2.82. The number of ether oxygens (including phenoxy) is 1. The SMILES string of the molecule is CCCn1c(SCC(=O)Nc2ccc(OC)cc2[N+](=O)[O-])n[nH]c1=O. The zero-order valence-electron chi connectivity index (χ0n) is 13.6. The number of carbonyl (C=O) groups is 1. The van der Waals surface area contributed by atoms with Gasteiger partial charge in [0.15, 0.2) is 5.16 Å². The lowest BCUT2D eigenvalue weighted by molar-refractivity contribution is -0.384. The first-order chi connectivity index (χ1) is 12.0. The molecule has 0 atom stereocenters. The van der Waals surface area contributed by atoms with Gasteiger partial charge in [0.1, 0.15) is 11.4 Å². The van der Waals surface area contributed by atoms with E-state index in [-0.39, 0.29) is 22.8 Å². The summed E-state index contributed by atoms with van der Waals surface area (Å²) >= 11 is 1.07. The molecule has 1 aromatic heterocycles. The summed E-state index contributed by atoms with van der Waals surface area (Å²) in [5.74, 6) is -0.173. The van der Waals surface area contributed by atoms with E-state index in [1.165, 1.54) is 29.9 Å². The molecule has 134 valence electrons. The van der Waals surface area contributed by atoms with Gasteiger partial charge >= 0.3 is 5.69 Å². The van der Waals surface area contributed by atoms with Gasteiger partial charge in [-0.1, -0.05) is 18.7 Å². The van der Waals surface area contributed by atoms with Crippen molar-refractivity contribution >= 4 is 29.0 Å². The third-order valence-electron chi connectivity index (χ3n) is 3.18. The van der Waals surface area contributed by atoms with Crippen molar-refractivity contribution < 1.29 is 14.5 Å². The van der Waals surface area contributed by atoms with E-state index in [1.807, 2.05) is 6.92 Å². The molecule has 1 heterocycles. The zero-order chi connectivity index (χ0) is 18.4. The van der Waals surface area contributed by atoms with E-state index in [0.717, 1.165) is 18.2 Å². The fraction of sp³-hybridized carbons (Fsp3) is 0.357. The number of rotatable bonds is 8. The summed E-state index contributed by atoms with van der Waals surface area (Å²) in [5.41, 5.74) is -0.528. The van der Waals surface area contributed by atoms with Crippen LogP contribution in [-0.4, -0.2) is 38.5 Å². The van der Waals surface area contributed by atoms with E-state index in [9.17, 15) is 19.7 Å². The Balaban J connectivity index is 2.06. The molecule has 25 heavy (non-hydrogen) atoms. The van der Waals surface area contributed by atoms with Gasteiger partial charge in [0.2, 0.25) is 5.91 Å². The average Bonchev–Trinajstić information content (AvgIpc) is 2.94. The number of benzene rings is 1. The number of nitrogens with one attached hydrogen (secondary N) is 2. The van der Waals surface area contributed by atoms with Crippen molar-refractivity contribution in [2.75, 3.05) is 18.2 Å². The number of hydrogen-bond donors (Lipinski definition) is 2. The smallest absolute Gasteiger partial charge is 0.343 e. The van der Waals surface area contributed by atoms with Crippen LogP contribution in [-0.2, 0) is 11.3 Å². The molecule has 2 rings (SSSR count). The van der Waals surface area contributed by atoms with Crippen LogP contribution in [0.5, 0.6) is 5.75 Å². The zero-order valence-corrected chi connectivity index (χ0v) is 14.5. The Bertz CT molecular complexity index is 831. The highest BCUT2D eigenvalue weighted by Gasteiger charge is 2.18. The van der Waals surface area contributed by atoms with Crippen molar-refractivity contribution in [2.24, 2.45) is 0 Å².